The van der Waals surface area contributed by atoms with E-state index < -0.39 is 0 Å². The summed E-state index contributed by atoms with van der Waals surface area (Å²) in [5, 5.41) is 8.37. The summed E-state index contributed by atoms with van der Waals surface area (Å²) in [5.74, 6) is 2.85. The van der Waals surface area contributed by atoms with Crippen molar-refractivity contribution in [1.29, 1.82) is 0 Å². The molecule has 0 spiro atoms. The molecular weight excluding hydrogens is 356 g/mol. The zero-order chi connectivity index (χ0) is 17.8. The van der Waals surface area contributed by atoms with Gasteiger partial charge in [-0.15, -0.1) is 0 Å². The predicted octanol–water partition coefficient (Wildman–Crippen LogP) is 1.98. The number of ether oxygens (including phenoxy) is 4. The Hall–Kier alpha value is -3.33. The summed E-state index contributed by atoms with van der Waals surface area (Å²) >= 11 is 5.10. The second-order valence-electron chi connectivity index (χ2n) is 5.29. The molecule has 2 aliphatic rings. The maximum atomic E-state index is 5.31. The average Bonchev–Trinajstić information content (AvgIpc) is 3.29. The molecule has 0 aromatic heterocycles. The van der Waals surface area contributed by atoms with Crippen LogP contribution in [0.2, 0.25) is 0 Å². The first-order chi connectivity index (χ1) is 12.8. The minimum Gasteiger partial charge on any atom is -0.454 e. The minimum absolute atomic E-state index is 0.240. The van der Waals surface area contributed by atoms with E-state index >= 15 is 0 Å². The van der Waals surface area contributed by atoms with Gasteiger partial charge in [0.15, 0.2) is 23.0 Å². The van der Waals surface area contributed by atoms with Crippen molar-refractivity contribution in [3.63, 3.8) is 0 Å². The highest BCUT2D eigenvalue weighted by Crippen LogP contribution is 2.32. The molecule has 0 saturated heterocycles. The first-order valence-electron chi connectivity index (χ1n) is 7.69. The highest BCUT2D eigenvalue weighted by atomic mass is 32.1. The van der Waals surface area contributed by atoms with E-state index in [1.54, 1.807) is 12.4 Å². The Kier molecular flexibility index (Phi) is 4.52. The number of fused-ring (bicyclic) bond motifs is 2. The van der Waals surface area contributed by atoms with Gasteiger partial charge in [0.2, 0.25) is 18.7 Å². The first-order valence-corrected chi connectivity index (χ1v) is 8.10. The highest BCUT2D eigenvalue weighted by molar-refractivity contribution is 7.80. The van der Waals surface area contributed by atoms with E-state index in [1.165, 1.54) is 0 Å². The lowest BCUT2D eigenvalue weighted by Crippen LogP contribution is -2.28. The molecule has 2 aliphatic heterocycles. The SMILES string of the molecule is S=C(N/N=C\c1ccc2c(c1)OCO2)N/N=C\c1ccc2c(c1)OCO2. The van der Waals surface area contributed by atoms with Crippen molar-refractivity contribution in [3.8, 4) is 23.0 Å². The minimum atomic E-state index is 0.240. The molecule has 0 bridgehead atoms. The van der Waals surface area contributed by atoms with E-state index in [2.05, 4.69) is 21.1 Å². The van der Waals surface area contributed by atoms with Crippen LogP contribution in [0.1, 0.15) is 11.1 Å². The summed E-state index contributed by atoms with van der Waals surface area (Å²) in [7, 11) is 0. The Bertz CT molecular complexity index is 829. The fourth-order valence-electron chi connectivity index (χ4n) is 2.34. The molecule has 0 aliphatic carbocycles. The van der Waals surface area contributed by atoms with E-state index in [0.717, 1.165) is 22.6 Å². The lowest BCUT2D eigenvalue weighted by molar-refractivity contribution is 0.173. The third-order valence-electron chi connectivity index (χ3n) is 3.55. The van der Waals surface area contributed by atoms with E-state index in [1.807, 2.05) is 36.4 Å². The molecule has 0 saturated carbocycles. The topological polar surface area (TPSA) is 85.7 Å². The van der Waals surface area contributed by atoms with E-state index in [4.69, 9.17) is 31.2 Å². The summed E-state index contributed by atoms with van der Waals surface area (Å²) in [5.41, 5.74) is 7.08. The predicted molar refractivity (Wildman–Crippen MR) is 99.2 cm³/mol. The van der Waals surface area contributed by atoms with Crippen LogP contribution in [0.4, 0.5) is 0 Å². The fraction of sp³-hybridized carbons (Fsp3) is 0.118. The number of benzene rings is 2. The van der Waals surface area contributed by atoms with Crippen molar-refractivity contribution in [3.05, 3.63) is 47.5 Å². The molecule has 0 unspecified atom stereocenters. The van der Waals surface area contributed by atoms with Gasteiger partial charge in [-0.25, -0.2) is 0 Å². The molecule has 8 nitrogen and oxygen atoms in total. The van der Waals surface area contributed by atoms with Crippen molar-refractivity contribution in [2.75, 3.05) is 13.6 Å². The van der Waals surface area contributed by atoms with Gasteiger partial charge in [-0.05, 0) is 59.7 Å². The summed E-state index contributed by atoms with van der Waals surface area (Å²) < 4.78 is 21.1. The zero-order valence-electron chi connectivity index (χ0n) is 13.5. The molecule has 0 fully saturated rings. The van der Waals surface area contributed by atoms with Gasteiger partial charge < -0.3 is 18.9 Å². The molecule has 0 amide bonds. The standard InChI is InChI=1S/C17H14N4O4S/c26-17(20-18-7-11-1-3-13-15(5-11)24-9-22-13)21-19-8-12-2-4-14-16(6-12)25-10-23-14/h1-8H,9-10H2,(H2,20,21,26)/b18-7-,19-8-. The quantitative estimate of drug-likeness (QED) is 0.483. The number of hydrogen-bond donors (Lipinski definition) is 2. The molecule has 2 heterocycles. The van der Waals surface area contributed by atoms with Crippen LogP contribution in [0.25, 0.3) is 0 Å². The van der Waals surface area contributed by atoms with E-state index in [0.29, 0.717) is 11.5 Å². The monoisotopic (exact) mass is 370 g/mol. The number of nitrogens with one attached hydrogen (secondary N) is 2. The number of hydrogen-bond acceptors (Lipinski definition) is 7. The third kappa shape index (κ3) is 3.67. The van der Waals surface area contributed by atoms with E-state index in [-0.39, 0.29) is 18.7 Å². The van der Waals surface area contributed by atoms with Gasteiger partial charge in [-0.1, -0.05) is 0 Å². The van der Waals surface area contributed by atoms with Crippen molar-refractivity contribution in [1.82, 2.24) is 10.9 Å². The van der Waals surface area contributed by atoms with Gasteiger partial charge in [0.05, 0.1) is 12.4 Å². The summed E-state index contributed by atoms with van der Waals surface area (Å²) in [6.07, 6.45) is 3.25. The van der Waals surface area contributed by atoms with Crippen LogP contribution < -0.4 is 29.8 Å². The van der Waals surface area contributed by atoms with Gasteiger partial charge in [0, 0.05) is 0 Å². The van der Waals surface area contributed by atoms with Crippen LogP contribution in [0.5, 0.6) is 23.0 Å². The molecule has 9 heteroatoms. The largest absolute Gasteiger partial charge is 0.454 e. The Morgan fingerprint density at radius 1 is 0.769 bits per heavy atom. The molecule has 0 radical (unpaired) electrons. The summed E-state index contributed by atoms with van der Waals surface area (Å²) in [6.45, 7) is 0.479. The molecule has 0 atom stereocenters. The van der Waals surface area contributed by atoms with E-state index in [9.17, 15) is 0 Å². The lowest BCUT2D eigenvalue weighted by atomic mass is 10.2. The van der Waals surface area contributed by atoms with Crippen molar-refractivity contribution in [2.45, 2.75) is 0 Å². The summed E-state index contributed by atoms with van der Waals surface area (Å²) in [4.78, 5) is 0. The van der Waals surface area contributed by atoms with Gasteiger partial charge in [-0.2, -0.15) is 10.2 Å². The normalized spacial score (nSPS) is 14.2. The van der Waals surface area contributed by atoms with Crippen molar-refractivity contribution in [2.24, 2.45) is 10.2 Å². The van der Waals surface area contributed by atoms with Crippen LogP contribution in [-0.2, 0) is 0 Å². The van der Waals surface area contributed by atoms with Crippen molar-refractivity contribution >= 4 is 29.8 Å². The van der Waals surface area contributed by atoms with Gasteiger partial charge in [0.25, 0.3) is 0 Å². The molecule has 2 aromatic carbocycles. The summed E-state index contributed by atoms with van der Waals surface area (Å²) in [6, 6.07) is 11.1. The second-order valence-corrected chi connectivity index (χ2v) is 5.70. The molecule has 2 N–H and O–H groups in total. The van der Waals surface area contributed by atoms with Crippen LogP contribution in [0.3, 0.4) is 0 Å². The van der Waals surface area contributed by atoms with Crippen LogP contribution >= 0.6 is 12.2 Å². The van der Waals surface area contributed by atoms with Gasteiger partial charge >= 0.3 is 0 Å². The number of thiocarbonyl (C=S) groups is 1. The molecule has 26 heavy (non-hydrogen) atoms. The maximum Gasteiger partial charge on any atom is 0.231 e. The number of rotatable bonds is 4. The van der Waals surface area contributed by atoms with Crippen LogP contribution in [0.15, 0.2) is 46.6 Å². The Balaban J connectivity index is 1.27. The smallest absolute Gasteiger partial charge is 0.231 e. The third-order valence-corrected chi connectivity index (χ3v) is 3.74. The van der Waals surface area contributed by atoms with Gasteiger partial charge in [-0.3, -0.25) is 10.9 Å². The first kappa shape index (κ1) is 16.2. The lowest BCUT2D eigenvalue weighted by Gasteiger charge is -2.02. The molecular formula is C17H14N4O4S. The maximum absolute atomic E-state index is 5.31. The fourth-order valence-corrected chi connectivity index (χ4v) is 2.45. The Labute approximate surface area is 154 Å². The molecule has 4 rings (SSSR count). The van der Waals surface area contributed by atoms with Crippen molar-refractivity contribution < 1.29 is 18.9 Å². The zero-order valence-corrected chi connectivity index (χ0v) is 14.3. The second kappa shape index (κ2) is 7.28. The van der Waals surface area contributed by atoms with Gasteiger partial charge in [0.1, 0.15) is 0 Å². The number of hydrazone groups is 2. The average molecular weight is 370 g/mol. The highest BCUT2D eigenvalue weighted by Gasteiger charge is 2.13. The number of nitrogens with zero attached hydrogens (tertiary/aromatic N) is 2. The Morgan fingerprint density at radius 2 is 1.23 bits per heavy atom. The Morgan fingerprint density at radius 3 is 1.73 bits per heavy atom. The van der Waals surface area contributed by atoms with Crippen LogP contribution in [-0.4, -0.2) is 31.1 Å². The molecule has 2 aromatic rings. The molecule has 132 valence electrons. The van der Waals surface area contributed by atoms with Crippen LogP contribution in [0, 0.1) is 0 Å².